The van der Waals surface area contributed by atoms with Crippen molar-refractivity contribution in [3.63, 3.8) is 0 Å². The van der Waals surface area contributed by atoms with Gasteiger partial charge in [0.05, 0.1) is 5.92 Å². The fourth-order valence-corrected chi connectivity index (χ4v) is 3.18. The van der Waals surface area contributed by atoms with E-state index in [1.54, 1.807) is 4.90 Å². The summed E-state index contributed by atoms with van der Waals surface area (Å²) in [5.41, 5.74) is 0. The summed E-state index contributed by atoms with van der Waals surface area (Å²) in [6, 6.07) is 0. The Labute approximate surface area is 127 Å². The number of hydrogen-bond donors (Lipinski definition) is 0. The van der Waals surface area contributed by atoms with Gasteiger partial charge in [-0.3, -0.25) is 4.79 Å². The molecule has 1 aliphatic carbocycles. The summed E-state index contributed by atoms with van der Waals surface area (Å²) in [7, 11) is 0. The molecule has 1 amide bonds. The predicted octanol–water partition coefficient (Wildman–Crippen LogP) is 4.38. The molecule has 0 aromatic heterocycles. The highest BCUT2D eigenvalue weighted by atomic mass is 79.9. The van der Waals surface area contributed by atoms with E-state index in [9.17, 15) is 18.0 Å². The zero-order valence-electron chi connectivity index (χ0n) is 11.9. The van der Waals surface area contributed by atoms with Crippen LogP contribution in [0, 0.1) is 11.8 Å². The first kappa shape index (κ1) is 17.8. The second-order valence-corrected chi connectivity index (χ2v) is 6.26. The Balaban J connectivity index is 2.63. The van der Waals surface area contributed by atoms with Crippen LogP contribution in [0.25, 0.3) is 0 Å². The first-order valence-corrected chi connectivity index (χ1v) is 8.43. The van der Waals surface area contributed by atoms with Crippen molar-refractivity contribution in [2.75, 3.05) is 18.4 Å². The van der Waals surface area contributed by atoms with Crippen LogP contribution in [-0.2, 0) is 4.79 Å². The van der Waals surface area contributed by atoms with Crippen LogP contribution in [0.15, 0.2) is 0 Å². The van der Waals surface area contributed by atoms with Gasteiger partial charge in [-0.1, -0.05) is 35.7 Å². The Bertz CT molecular complexity index is 309. The molecule has 0 saturated heterocycles. The minimum Gasteiger partial charge on any atom is -0.342 e. The van der Waals surface area contributed by atoms with E-state index in [1.165, 1.54) is 0 Å². The van der Waals surface area contributed by atoms with E-state index in [0.717, 1.165) is 12.8 Å². The summed E-state index contributed by atoms with van der Waals surface area (Å²) in [6.45, 7) is 3.26. The SMILES string of the molecule is CCCCN(CCBr)C(=O)C1CCCC(C(F)(F)F)C1. The molecule has 20 heavy (non-hydrogen) atoms. The third-order valence-corrected chi connectivity index (χ3v) is 4.29. The van der Waals surface area contributed by atoms with Gasteiger partial charge in [0.1, 0.15) is 0 Å². The number of hydrogen-bond acceptors (Lipinski definition) is 1. The fraction of sp³-hybridized carbons (Fsp3) is 0.929. The van der Waals surface area contributed by atoms with E-state index in [-0.39, 0.29) is 18.7 Å². The minimum absolute atomic E-state index is 0.0345. The van der Waals surface area contributed by atoms with E-state index in [1.807, 2.05) is 6.92 Å². The van der Waals surface area contributed by atoms with Gasteiger partial charge in [-0.05, 0) is 25.7 Å². The Morgan fingerprint density at radius 3 is 2.55 bits per heavy atom. The third kappa shape index (κ3) is 5.26. The number of unbranched alkanes of at least 4 members (excludes halogenated alkanes) is 1. The number of alkyl halides is 4. The maximum atomic E-state index is 12.8. The highest BCUT2D eigenvalue weighted by Crippen LogP contribution is 2.40. The minimum atomic E-state index is -4.16. The van der Waals surface area contributed by atoms with Crippen molar-refractivity contribution in [2.45, 2.75) is 51.6 Å². The summed E-state index contributed by atoms with van der Waals surface area (Å²) >= 11 is 3.30. The Morgan fingerprint density at radius 2 is 2.00 bits per heavy atom. The standard InChI is InChI=1S/C14H23BrF3NO/c1-2-3-8-19(9-7-15)13(20)11-5-4-6-12(10-11)14(16,17)18/h11-12H,2-10H2,1H3. The van der Waals surface area contributed by atoms with Crippen molar-refractivity contribution >= 4 is 21.8 Å². The Hall–Kier alpha value is -0.260. The molecule has 0 aromatic carbocycles. The average molecular weight is 358 g/mol. The molecule has 0 radical (unpaired) electrons. The second-order valence-electron chi connectivity index (χ2n) is 5.47. The molecular weight excluding hydrogens is 335 g/mol. The molecule has 118 valence electrons. The van der Waals surface area contributed by atoms with Gasteiger partial charge in [0.15, 0.2) is 0 Å². The average Bonchev–Trinajstić information content (AvgIpc) is 2.42. The summed E-state index contributed by atoms with van der Waals surface area (Å²) < 4.78 is 38.4. The third-order valence-electron chi connectivity index (χ3n) is 3.93. The van der Waals surface area contributed by atoms with Crippen molar-refractivity contribution in [3.05, 3.63) is 0 Å². The number of rotatable bonds is 6. The van der Waals surface area contributed by atoms with Gasteiger partial charge in [-0.15, -0.1) is 0 Å². The van der Waals surface area contributed by atoms with E-state index in [4.69, 9.17) is 0 Å². The van der Waals surface area contributed by atoms with Crippen molar-refractivity contribution in [1.82, 2.24) is 4.90 Å². The Kier molecular flexibility index (Phi) is 7.34. The van der Waals surface area contributed by atoms with Crippen molar-refractivity contribution in [2.24, 2.45) is 11.8 Å². The highest BCUT2D eigenvalue weighted by molar-refractivity contribution is 9.09. The second kappa shape index (κ2) is 8.25. The number of nitrogens with zero attached hydrogens (tertiary/aromatic N) is 1. The van der Waals surface area contributed by atoms with Crippen molar-refractivity contribution in [1.29, 1.82) is 0 Å². The van der Waals surface area contributed by atoms with Crippen LogP contribution in [0.4, 0.5) is 13.2 Å². The number of halogens is 4. The highest BCUT2D eigenvalue weighted by Gasteiger charge is 2.44. The first-order valence-electron chi connectivity index (χ1n) is 7.31. The number of carbonyl (C=O) groups excluding carboxylic acids is 1. The topological polar surface area (TPSA) is 20.3 Å². The molecule has 0 N–H and O–H groups in total. The lowest BCUT2D eigenvalue weighted by molar-refractivity contribution is -0.187. The van der Waals surface area contributed by atoms with E-state index in [2.05, 4.69) is 15.9 Å². The van der Waals surface area contributed by atoms with E-state index in [0.29, 0.717) is 31.3 Å². The van der Waals surface area contributed by atoms with Crippen LogP contribution < -0.4 is 0 Å². The molecule has 0 heterocycles. The molecule has 1 saturated carbocycles. The van der Waals surface area contributed by atoms with Gasteiger partial charge < -0.3 is 4.90 Å². The number of amides is 1. The summed E-state index contributed by atoms with van der Waals surface area (Å²) in [5.74, 6) is -1.85. The number of carbonyl (C=O) groups is 1. The van der Waals surface area contributed by atoms with Crippen LogP contribution in [0.1, 0.15) is 45.4 Å². The maximum Gasteiger partial charge on any atom is 0.391 e. The molecule has 1 rings (SSSR count). The molecule has 1 fully saturated rings. The molecule has 2 unspecified atom stereocenters. The molecule has 1 aliphatic rings. The fourth-order valence-electron chi connectivity index (χ4n) is 2.75. The van der Waals surface area contributed by atoms with Gasteiger partial charge >= 0.3 is 6.18 Å². The van der Waals surface area contributed by atoms with Crippen LogP contribution >= 0.6 is 15.9 Å². The molecule has 6 heteroatoms. The van der Waals surface area contributed by atoms with Gasteiger partial charge in [0.2, 0.25) is 5.91 Å². The zero-order valence-corrected chi connectivity index (χ0v) is 13.5. The van der Waals surface area contributed by atoms with Crippen LogP contribution in [-0.4, -0.2) is 35.4 Å². The van der Waals surface area contributed by atoms with Crippen LogP contribution in [0.5, 0.6) is 0 Å². The van der Waals surface area contributed by atoms with Crippen LogP contribution in [0.3, 0.4) is 0 Å². The first-order chi connectivity index (χ1) is 9.40. The molecule has 0 bridgehead atoms. The van der Waals surface area contributed by atoms with E-state index >= 15 is 0 Å². The zero-order chi connectivity index (χ0) is 15.2. The molecular formula is C14H23BrF3NO. The Morgan fingerprint density at radius 1 is 1.30 bits per heavy atom. The quantitative estimate of drug-likeness (QED) is 0.646. The lowest BCUT2D eigenvalue weighted by Gasteiger charge is -2.33. The molecule has 0 aliphatic heterocycles. The molecule has 0 spiro atoms. The normalized spacial score (nSPS) is 23.6. The summed E-state index contributed by atoms with van der Waals surface area (Å²) in [6.07, 6.45) is -1.07. The van der Waals surface area contributed by atoms with Gasteiger partial charge in [0, 0.05) is 24.3 Å². The van der Waals surface area contributed by atoms with Crippen molar-refractivity contribution in [3.8, 4) is 0 Å². The predicted molar refractivity (Wildman–Crippen MR) is 76.8 cm³/mol. The van der Waals surface area contributed by atoms with Gasteiger partial charge in [-0.2, -0.15) is 13.2 Å². The lowest BCUT2D eigenvalue weighted by Crippen LogP contribution is -2.41. The molecule has 0 aromatic rings. The van der Waals surface area contributed by atoms with Crippen LogP contribution in [0.2, 0.25) is 0 Å². The molecule has 2 nitrogen and oxygen atoms in total. The summed E-state index contributed by atoms with van der Waals surface area (Å²) in [4.78, 5) is 14.1. The monoisotopic (exact) mass is 357 g/mol. The van der Waals surface area contributed by atoms with E-state index < -0.39 is 18.0 Å². The van der Waals surface area contributed by atoms with Crippen molar-refractivity contribution < 1.29 is 18.0 Å². The van der Waals surface area contributed by atoms with Gasteiger partial charge in [-0.25, -0.2) is 0 Å². The molecule has 2 atom stereocenters. The smallest absolute Gasteiger partial charge is 0.342 e. The largest absolute Gasteiger partial charge is 0.391 e. The summed E-state index contributed by atoms with van der Waals surface area (Å²) in [5, 5.41) is 0.665. The van der Waals surface area contributed by atoms with Gasteiger partial charge in [0.25, 0.3) is 0 Å². The maximum absolute atomic E-state index is 12.8. The lowest BCUT2D eigenvalue weighted by atomic mass is 9.80.